The number of nitrogens with one attached hydrogen (secondary N) is 1. The molecule has 3 heteroatoms. The average Bonchev–Trinajstić information content (AvgIpc) is 2.88. The van der Waals surface area contributed by atoms with E-state index in [4.69, 9.17) is 4.74 Å². The van der Waals surface area contributed by atoms with E-state index in [9.17, 15) is 0 Å². The van der Waals surface area contributed by atoms with Crippen molar-refractivity contribution in [2.24, 2.45) is 0 Å². The van der Waals surface area contributed by atoms with Gasteiger partial charge in [-0.05, 0) is 35.9 Å². The van der Waals surface area contributed by atoms with Crippen LogP contribution in [0.15, 0.2) is 48.5 Å². The third kappa shape index (κ3) is 2.50. The number of aromatic nitrogens is 2. The first kappa shape index (κ1) is 11.5. The first-order chi connectivity index (χ1) is 9.35. The summed E-state index contributed by atoms with van der Waals surface area (Å²) < 4.78 is 5.13. The zero-order valence-electron chi connectivity index (χ0n) is 10.6. The highest BCUT2D eigenvalue weighted by molar-refractivity contribution is 5.78. The number of aromatic amines is 1. The number of rotatable bonds is 3. The molecular formula is C16H14N2O. The predicted molar refractivity (Wildman–Crippen MR) is 78.0 cm³/mol. The van der Waals surface area contributed by atoms with Crippen LogP contribution in [-0.4, -0.2) is 17.1 Å². The van der Waals surface area contributed by atoms with Crippen molar-refractivity contribution >= 4 is 23.2 Å². The van der Waals surface area contributed by atoms with Crippen LogP contribution in [0.3, 0.4) is 0 Å². The van der Waals surface area contributed by atoms with Gasteiger partial charge in [0.1, 0.15) is 11.6 Å². The largest absolute Gasteiger partial charge is 0.497 e. The lowest BCUT2D eigenvalue weighted by atomic mass is 10.2. The van der Waals surface area contributed by atoms with Crippen LogP contribution in [0.2, 0.25) is 0 Å². The number of ether oxygens (including phenoxy) is 1. The van der Waals surface area contributed by atoms with Gasteiger partial charge in [0.15, 0.2) is 0 Å². The molecule has 0 radical (unpaired) electrons. The van der Waals surface area contributed by atoms with Crippen LogP contribution >= 0.6 is 0 Å². The van der Waals surface area contributed by atoms with Crippen molar-refractivity contribution in [3.63, 3.8) is 0 Å². The second kappa shape index (κ2) is 4.98. The van der Waals surface area contributed by atoms with Crippen molar-refractivity contribution in [3.05, 3.63) is 59.9 Å². The predicted octanol–water partition coefficient (Wildman–Crippen LogP) is 3.74. The van der Waals surface area contributed by atoms with E-state index in [1.54, 1.807) is 7.11 Å². The average molecular weight is 250 g/mol. The molecule has 3 aromatic rings. The maximum atomic E-state index is 5.13. The minimum atomic E-state index is 0.858. The van der Waals surface area contributed by atoms with E-state index in [2.05, 4.69) is 9.97 Å². The van der Waals surface area contributed by atoms with Gasteiger partial charge in [-0.25, -0.2) is 4.98 Å². The molecule has 0 atom stereocenters. The molecule has 1 aromatic heterocycles. The van der Waals surface area contributed by atoms with Gasteiger partial charge in [0.25, 0.3) is 0 Å². The number of H-pyrrole nitrogens is 1. The molecule has 0 aliphatic heterocycles. The first-order valence-corrected chi connectivity index (χ1v) is 6.12. The van der Waals surface area contributed by atoms with Gasteiger partial charge in [0.05, 0.1) is 18.1 Å². The zero-order valence-corrected chi connectivity index (χ0v) is 10.6. The molecule has 0 bridgehead atoms. The van der Waals surface area contributed by atoms with Crippen LogP contribution in [0.1, 0.15) is 11.4 Å². The van der Waals surface area contributed by atoms with Crippen LogP contribution in [0, 0.1) is 0 Å². The topological polar surface area (TPSA) is 37.9 Å². The maximum absolute atomic E-state index is 5.13. The summed E-state index contributed by atoms with van der Waals surface area (Å²) in [4.78, 5) is 7.76. The lowest BCUT2D eigenvalue weighted by molar-refractivity contribution is 0.415. The number of hydrogen-bond donors (Lipinski definition) is 1. The molecule has 0 saturated heterocycles. The Morgan fingerprint density at radius 1 is 1.00 bits per heavy atom. The first-order valence-electron chi connectivity index (χ1n) is 6.12. The standard InChI is InChI=1S/C16H14N2O/c1-19-13-9-6-12(7-10-13)8-11-16-17-14-4-2-3-5-15(14)18-16/h2-11H,1H3,(H,17,18)/b11-8+. The summed E-state index contributed by atoms with van der Waals surface area (Å²) in [5.74, 6) is 1.72. The van der Waals surface area contributed by atoms with E-state index in [0.717, 1.165) is 28.2 Å². The van der Waals surface area contributed by atoms with Gasteiger partial charge in [0, 0.05) is 0 Å². The molecule has 0 saturated carbocycles. The second-order valence-corrected chi connectivity index (χ2v) is 4.25. The fourth-order valence-electron chi connectivity index (χ4n) is 1.94. The summed E-state index contributed by atoms with van der Waals surface area (Å²) in [6, 6.07) is 15.9. The molecule has 0 spiro atoms. The number of benzene rings is 2. The Balaban J connectivity index is 1.84. The van der Waals surface area contributed by atoms with Gasteiger partial charge in [-0.1, -0.05) is 30.3 Å². The van der Waals surface area contributed by atoms with Crippen LogP contribution < -0.4 is 4.74 Å². The molecule has 2 aromatic carbocycles. The van der Waals surface area contributed by atoms with E-state index in [-0.39, 0.29) is 0 Å². The fourth-order valence-corrected chi connectivity index (χ4v) is 1.94. The van der Waals surface area contributed by atoms with Crippen molar-refractivity contribution in [3.8, 4) is 5.75 Å². The summed E-state index contributed by atoms with van der Waals surface area (Å²) in [6.07, 6.45) is 4.00. The molecule has 0 amide bonds. The smallest absolute Gasteiger partial charge is 0.131 e. The van der Waals surface area contributed by atoms with E-state index >= 15 is 0 Å². The van der Waals surface area contributed by atoms with Crippen molar-refractivity contribution in [2.45, 2.75) is 0 Å². The van der Waals surface area contributed by atoms with Gasteiger partial charge < -0.3 is 9.72 Å². The lowest BCUT2D eigenvalue weighted by Gasteiger charge is -1.98. The Hall–Kier alpha value is -2.55. The zero-order chi connectivity index (χ0) is 13.1. The van der Waals surface area contributed by atoms with Crippen molar-refractivity contribution in [2.75, 3.05) is 7.11 Å². The second-order valence-electron chi connectivity index (χ2n) is 4.25. The molecule has 3 rings (SSSR count). The van der Waals surface area contributed by atoms with Gasteiger partial charge in [-0.3, -0.25) is 0 Å². The summed E-state index contributed by atoms with van der Waals surface area (Å²) in [5.41, 5.74) is 3.15. The van der Waals surface area contributed by atoms with E-state index < -0.39 is 0 Å². The number of methoxy groups -OCH3 is 1. The lowest BCUT2D eigenvalue weighted by Crippen LogP contribution is -1.81. The minimum Gasteiger partial charge on any atom is -0.497 e. The third-order valence-corrected chi connectivity index (χ3v) is 2.96. The van der Waals surface area contributed by atoms with Crippen molar-refractivity contribution in [1.82, 2.24) is 9.97 Å². The Kier molecular flexibility index (Phi) is 3.02. The van der Waals surface area contributed by atoms with Crippen LogP contribution in [0.25, 0.3) is 23.2 Å². The van der Waals surface area contributed by atoms with Gasteiger partial charge >= 0.3 is 0 Å². The van der Waals surface area contributed by atoms with E-state index in [1.165, 1.54) is 0 Å². The number of para-hydroxylation sites is 2. The molecule has 0 aliphatic rings. The highest BCUT2D eigenvalue weighted by Gasteiger charge is 1.98. The van der Waals surface area contributed by atoms with Gasteiger partial charge in [-0.15, -0.1) is 0 Å². The highest BCUT2D eigenvalue weighted by atomic mass is 16.5. The van der Waals surface area contributed by atoms with Crippen molar-refractivity contribution in [1.29, 1.82) is 0 Å². The SMILES string of the molecule is COc1ccc(/C=C/c2nc3ccccc3[nH]2)cc1. The molecule has 1 heterocycles. The quantitative estimate of drug-likeness (QED) is 0.769. The maximum Gasteiger partial charge on any atom is 0.131 e. The minimum absolute atomic E-state index is 0.858. The summed E-state index contributed by atoms with van der Waals surface area (Å²) in [6.45, 7) is 0. The molecule has 0 aliphatic carbocycles. The van der Waals surface area contributed by atoms with Crippen LogP contribution in [0.5, 0.6) is 5.75 Å². The van der Waals surface area contributed by atoms with Gasteiger partial charge in [-0.2, -0.15) is 0 Å². The molecule has 3 nitrogen and oxygen atoms in total. The summed E-state index contributed by atoms with van der Waals surface area (Å²) in [5, 5.41) is 0. The number of hydrogen-bond acceptors (Lipinski definition) is 2. The number of nitrogens with zero attached hydrogens (tertiary/aromatic N) is 1. The summed E-state index contributed by atoms with van der Waals surface area (Å²) >= 11 is 0. The molecule has 1 N–H and O–H groups in total. The Labute approximate surface area is 111 Å². The highest BCUT2D eigenvalue weighted by Crippen LogP contribution is 2.15. The van der Waals surface area contributed by atoms with Crippen LogP contribution in [-0.2, 0) is 0 Å². The number of imidazole rings is 1. The molecule has 0 unspecified atom stereocenters. The Bertz CT molecular complexity index is 678. The normalized spacial score (nSPS) is 11.2. The van der Waals surface area contributed by atoms with Crippen molar-refractivity contribution < 1.29 is 4.74 Å². The number of fused-ring (bicyclic) bond motifs is 1. The summed E-state index contributed by atoms with van der Waals surface area (Å²) in [7, 11) is 1.67. The van der Waals surface area contributed by atoms with Crippen LogP contribution in [0.4, 0.5) is 0 Å². The monoisotopic (exact) mass is 250 g/mol. The van der Waals surface area contributed by atoms with Gasteiger partial charge in [0.2, 0.25) is 0 Å². The molecule has 0 fully saturated rings. The Morgan fingerprint density at radius 3 is 2.53 bits per heavy atom. The molecular weight excluding hydrogens is 236 g/mol. The molecule has 94 valence electrons. The fraction of sp³-hybridized carbons (Fsp3) is 0.0625. The Morgan fingerprint density at radius 2 is 1.79 bits per heavy atom. The van der Waals surface area contributed by atoms with E-state index in [1.807, 2.05) is 60.7 Å². The molecule has 19 heavy (non-hydrogen) atoms. The third-order valence-electron chi connectivity index (χ3n) is 2.96. The van der Waals surface area contributed by atoms with E-state index in [0.29, 0.717) is 0 Å².